The van der Waals surface area contributed by atoms with Crippen LogP contribution in [-0.4, -0.2) is 25.9 Å². The van der Waals surface area contributed by atoms with Crippen molar-refractivity contribution in [1.29, 1.82) is 0 Å². The Balaban J connectivity index is 1.82. The lowest BCUT2D eigenvalue weighted by Gasteiger charge is -2.15. The second kappa shape index (κ2) is 5.58. The van der Waals surface area contributed by atoms with Crippen LogP contribution < -0.4 is 9.62 Å². The number of aromatic nitrogens is 1. The van der Waals surface area contributed by atoms with Gasteiger partial charge in [-0.15, -0.1) is 0 Å². The molecule has 2 heterocycles. The molecule has 1 aliphatic heterocycles. The molecule has 2 N–H and O–H groups in total. The Kier molecular flexibility index (Phi) is 3.76. The minimum Gasteiger partial charge on any atom is -0.364 e. The van der Waals surface area contributed by atoms with Gasteiger partial charge in [-0.25, -0.2) is 13.1 Å². The van der Waals surface area contributed by atoms with Gasteiger partial charge >= 0.3 is 0 Å². The van der Waals surface area contributed by atoms with Gasteiger partial charge in [-0.05, 0) is 42.3 Å². The Morgan fingerprint density at radius 1 is 1.36 bits per heavy atom. The molecule has 116 valence electrons. The van der Waals surface area contributed by atoms with Crippen molar-refractivity contribution in [2.75, 3.05) is 11.4 Å². The molecule has 6 nitrogen and oxygen atoms in total. The van der Waals surface area contributed by atoms with E-state index in [0.717, 1.165) is 16.9 Å². The van der Waals surface area contributed by atoms with Gasteiger partial charge in [0.25, 0.3) is 0 Å². The van der Waals surface area contributed by atoms with E-state index < -0.39 is 10.0 Å². The third-order valence-corrected chi connectivity index (χ3v) is 5.15. The monoisotopic (exact) mass is 319 g/mol. The summed E-state index contributed by atoms with van der Waals surface area (Å²) in [5.41, 5.74) is 2.49. The molecule has 0 fully saturated rings. The summed E-state index contributed by atoms with van der Waals surface area (Å²) in [6.07, 6.45) is 2.42. The van der Waals surface area contributed by atoms with Gasteiger partial charge in [-0.1, -0.05) is 0 Å². The number of benzene rings is 1. The first-order valence-electron chi connectivity index (χ1n) is 7.00. The molecule has 7 heteroatoms. The van der Waals surface area contributed by atoms with Crippen molar-refractivity contribution >= 4 is 21.6 Å². The summed E-state index contributed by atoms with van der Waals surface area (Å²) in [6, 6.07) is 8.52. The summed E-state index contributed by atoms with van der Waals surface area (Å²) in [4.78, 5) is 16.4. The molecule has 1 aromatic carbocycles. The number of hydrogen-bond acceptors (Lipinski definition) is 3. The van der Waals surface area contributed by atoms with Crippen molar-refractivity contribution in [1.82, 2.24) is 9.71 Å². The highest BCUT2D eigenvalue weighted by Gasteiger charge is 2.24. The first kappa shape index (κ1) is 14.8. The Morgan fingerprint density at radius 2 is 2.18 bits per heavy atom. The molecule has 1 amide bonds. The first-order valence-corrected chi connectivity index (χ1v) is 8.49. The van der Waals surface area contributed by atoms with E-state index in [1.807, 2.05) is 12.1 Å². The highest BCUT2D eigenvalue weighted by molar-refractivity contribution is 7.89. The normalized spacial score (nSPS) is 14.1. The van der Waals surface area contributed by atoms with Crippen molar-refractivity contribution in [3.63, 3.8) is 0 Å². The third-order valence-electron chi connectivity index (χ3n) is 3.75. The van der Waals surface area contributed by atoms with Crippen LogP contribution >= 0.6 is 0 Å². The largest absolute Gasteiger partial charge is 0.364 e. The average Bonchev–Trinajstić information content (AvgIpc) is 3.13. The lowest BCUT2D eigenvalue weighted by molar-refractivity contribution is -0.116. The second-order valence-corrected chi connectivity index (χ2v) is 7.00. The van der Waals surface area contributed by atoms with Crippen LogP contribution in [0.4, 0.5) is 5.69 Å². The fourth-order valence-electron chi connectivity index (χ4n) is 2.61. The predicted molar refractivity (Wildman–Crippen MR) is 83.0 cm³/mol. The van der Waals surface area contributed by atoms with Gasteiger partial charge in [-0.3, -0.25) is 4.79 Å². The topological polar surface area (TPSA) is 82.3 Å². The molecule has 1 aliphatic rings. The lowest BCUT2D eigenvalue weighted by Crippen LogP contribution is -2.26. The van der Waals surface area contributed by atoms with Crippen LogP contribution in [0.25, 0.3) is 0 Å². The van der Waals surface area contributed by atoms with Crippen molar-refractivity contribution in [3.05, 3.63) is 47.8 Å². The number of amides is 1. The Morgan fingerprint density at radius 3 is 2.86 bits per heavy atom. The lowest BCUT2D eigenvalue weighted by atomic mass is 10.2. The van der Waals surface area contributed by atoms with E-state index in [4.69, 9.17) is 0 Å². The number of anilines is 1. The zero-order chi connectivity index (χ0) is 15.7. The summed E-state index contributed by atoms with van der Waals surface area (Å²) in [6.45, 7) is 2.33. The van der Waals surface area contributed by atoms with E-state index in [-0.39, 0.29) is 17.3 Å². The second-order valence-electron chi connectivity index (χ2n) is 5.23. The number of hydrogen-bond donors (Lipinski definition) is 2. The maximum atomic E-state index is 12.3. The fraction of sp³-hybridized carbons (Fsp3) is 0.267. The zero-order valence-corrected chi connectivity index (χ0v) is 13.0. The summed E-state index contributed by atoms with van der Waals surface area (Å²) >= 11 is 0. The Bertz CT molecular complexity index is 797. The minimum atomic E-state index is -3.57. The SMILES string of the molecule is CC(=O)N1CCc2cc(S(=O)(=O)NCc3ccc[nH]3)ccc21. The maximum Gasteiger partial charge on any atom is 0.240 e. The molecule has 0 atom stereocenters. The fourth-order valence-corrected chi connectivity index (χ4v) is 3.66. The van der Waals surface area contributed by atoms with Crippen molar-refractivity contribution < 1.29 is 13.2 Å². The number of fused-ring (bicyclic) bond motifs is 1. The molecule has 0 unspecified atom stereocenters. The van der Waals surface area contributed by atoms with Crippen LogP contribution in [0.2, 0.25) is 0 Å². The third kappa shape index (κ3) is 2.77. The number of nitrogens with one attached hydrogen (secondary N) is 2. The molecule has 0 aliphatic carbocycles. The molecule has 1 aromatic heterocycles. The van der Waals surface area contributed by atoms with Gasteiger partial charge in [-0.2, -0.15) is 0 Å². The van der Waals surface area contributed by atoms with E-state index in [0.29, 0.717) is 13.0 Å². The summed E-state index contributed by atoms with van der Waals surface area (Å²) < 4.78 is 27.2. The smallest absolute Gasteiger partial charge is 0.240 e. The number of H-pyrrole nitrogens is 1. The Labute approximate surface area is 129 Å². The maximum absolute atomic E-state index is 12.3. The van der Waals surface area contributed by atoms with E-state index >= 15 is 0 Å². The molecule has 0 saturated heterocycles. The van der Waals surface area contributed by atoms with E-state index in [1.54, 1.807) is 23.2 Å². The van der Waals surface area contributed by atoms with Crippen LogP contribution in [-0.2, 0) is 27.8 Å². The van der Waals surface area contributed by atoms with Gasteiger partial charge in [0.2, 0.25) is 15.9 Å². The van der Waals surface area contributed by atoms with Crippen LogP contribution in [0.15, 0.2) is 41.4 Å². The van der Waals surface area contributed by atoms with Crippen molar-refractivity contribution in [2.45, 2.75) is 24.8 Å². The van der Waals surface area contributed by atoms with Crippen LogP contribution in [0.1, 0.15) is 18.2 Å². The van der Waals surface area contributed by atoms with Crippen molar-refractivity contribution in [2.24, 2.45) is 0 Å². The molecule has 0 saturated carbocycles. The molecule has 22 heavy (non-hydrogen) atoms. The molecule has 0 bridgehead atoms. The quantitative estimate of drug-likeness (QED) is 0.894. The summed E-state index contributed by atoms with van der Waals surface area (Å²) in [5, 5.41) is 0. The van der Waals surface area contributed by atoms with Gasteiger partial charge in [0.15, 0.2) is 0 Å². The van der Waals surface area contributed by atoms with E-state index in [2.05, 4.69) is 9.71 Å². The van der Waals surface area contributed by atoms with Gasteiger partial charge < -0.3 is 9.88 Å². The van der Waals surface area contributed by atoms with Crippen molar-refractivity contribution in [3.8, 4) is 0 Å². The highest BCUT2D eigenvalue weighted by atomic mass is 32.2. The van der Waals surface area contributed by atoms with Gasteiger partial charge in [0.1, 0.15) is 0 Å². The molecule has 2 aromatic rings. The number of carbonyl (C=O) groups is 1. The highest BCUT2D eigenvalue weighted by Crippen LogP contribution is 2.30. The Hall–Kier alpha value is -2.12. The van der Waals surface area contributed by atoms with Crippen LogP contribution in [0, 0.1) is 0 Å². The summed E-state index contributed by atoms with van der Waals surface area (Å²) in [5.74, 6) is -0.0285. The standard InChI is InChI=1S/C15H17N3O3S/c1-11(19)18-8-6-12-9-14(4-5-15(12)18)22(20,21)17-10-13-3-2-7-16-13/h2-5,7,9,16-17H,6,8,10H2,1H3. The molecule has 3 rings (SSSR count). The minimum absolute atomic E-state index is 0.0285. The van der Waals surface area contributed by atoms with E-state index in [1.165, 1.54) is 13.0 Å². The predicted octanol–water partition coefficient (Wildman–Crippen LogP) is 1.40. The number of sulfonamides is 1. The molecular weight excluding hydrogens is 302 g/mol. The number of nitrogens with zero attached hydrogens (tertiary/aromatic N) is 1. The first-order chi connectivity index (χ1) is 10.5. The summed E-state index contributed by atoms with van der Waals surface area (Å²) in [7, 11) is -3.57. The van der Waals surface area contributed by atoms with Crippen LogP contribution in [0.5, 0.6) is 0 Å². The average molecular weight is 319 g/mol. The van der Waals surface area contributed by atoms with Crippen LogP contribution in [0.3, 0.4) is 0 Å². The molecular formula is C15H17N3O3S. The van der Waals surface area contributed by atoms with Gasteiger partial charge in [0, 0.05) is 31.0 Å². The molecule has 0 spiro atoms. The number of rotatable bonds is 4. The zero-order valence-electron chi connectivity index (χ0n) is 12.2. The molecule has 0 radical (unpaired) electrons. The van der Waals surface area contributed by atoms with Gasteiger partial charge in [0.05, 0.1) is 11.4 Å². The number of aromatic amines is 1. The van der Waals surface area contributed by atoms with E-state index in [9.17, 15) is 13.2 Å². The number of carbonyl (C=O) groups excluding carboxylic acids is 1.